The van der Waals surface area contributed by atoms with Gasteiger partial charge in [0.2, 0.25) is 0 Å². The summed E-state index contributed by atoms with van der Waals surface area (Å²) in [7, 11) is 0. The molecule has 2 nitrogen and oxygen atoms in total. The lowest BCUT2D eigenvalue weighted by atomic mass is 9.87. The summed E-state index contributed by atoms with van der Waals surface area (Å²) in [5.74, 6) is -0.309. The van der Waals surface area contributed by atoms with E-state index in [1.807, 2.05) is 0 Å². The summed E-state index contributed by atoms with van der Waals surface area (Å²) in [6, 6.07) is 0. The van der Waals surface area contributed by atoms with Crippen molar-refractivity contribution >= 4 is 12.1 Å². The topological polar surface area (TPSA) is 24.7 Å². The van der Waals surface area contributed by atoms with Crippen molar-refractivity contribution in [2.75, 3.05) is 0 Å². The summed E-state index contributed by atoms with van der Waals surface area (Å²) in [6.07, 6.45) is -0.400. The fourth-order valence-electron chi connectivity index (χ4n) is 1.68. The molecule has 0 aromatic heterocycles. The van der Waals surface area contributed by atoms with Crippen LogP contribution in [0.4, 0.5) is 13.2 Å². The van der Waals surface area contributed by atoms with E-state index in [2.05, 4.69) is 9.98 Å². The van der Waals surface area contributed by atoms with Crippen molar-refractivity contribution < 1.29 is 13.2 Å². The third kappa shape index (κ3) is 1.86. The molecular weight excluding hydrogens is 205 g/mol. The van der Waals surface area contributed by atoms with Crippen molar-refractivity contribution in [3.63, 3.8) is 0 Å². The molecule has 1 atom stereocenters. The van der Waals surface area contributed by atoms with E-state index >= 15 is 0 Å². The normalized spacial score (nSPS) is 25.3. The maximum Gasteiger partial charge on any atom is 0.412 e. The Bertz CT molecular complexity index is 399. The highest BCUT2D eigenvalue weighted by atomic mass is 19.4. The quantitative estimate of drug-likeness (QED) is 0.592. The Labute approximate surface area is 84.9 Å². The van der Waals surface area contributed by atoms with Crippen molar-refractivity contribution in [3.8, 4) is 0 Å². The smallest absolute Gasteiger partial charge is 0.245 e. The van der Waals surface area contributed by atoms with Crippen LogP contribution in [0.1, 0.15) is 13.3 Å². The SMILES string of the molecule is CC1=NC=NC2=CC=C(C(F)(F)F)CC21. The molecule has 0 aromatic carbocycles. The molecule has 1 heterocycles. The van der Waals surface area contributed by atoms with Crippen LogP contribution in [0.2, 0.25) is 0 Å². The second-order valence-electron chi connectivity index (χ2n) is 3.55. The molecule has 0 spiro atoms. The molecule has 1 aliphatic heterocycles. The summed E-state index contributed by atoms with van der Waals surface area (Å²) in [4.78, 5) is 7.88. The Morgan fingerprint density at radius 1 is 1.33 bits per heavy atom. The van der Waals surface area contributed by atoms with Gasteiger partial charge in [-0.15, -0.1) is 0 Å². The lowest BCUT2D eigenvalue weighted by molar-refractivity contribution is -0.0946. The second-order valence-corrected chi connectivity index (χ2v) is 3.55. The number of aliphatic imine (C=N–C) groups is 2. The first-order chi connectivity index (χ1) is 6.98. The standard InChI is InChI=1S/C10H9F3N2/c1-6-8-4-7(10(11,12)13)2-3-9(8)15-5-14-6/h2-3,5,8H,4H2,1H3. The highest BCUT2D eigenvalue weighted by molar-refractivity contribution is 5.95. The summed E-state index contributed by atoms with van der Waals surface area (Å²) in [5, 5.41) is 0. The van der Waals surface area contributed by atoms with Gasteiger partial charge in [0, 0.05) is 17.2 Å². The molecule has 0 aromatic rings. The number of fused-ring (bicyclic) bond motifs is 1. The van der Waals surface area contributed by atoms with Gasteiger partial charge < -0.3 is 0 Å². The molecule has 0 N–H and O–H groups in total. The minimum Gasteiger partial charge on any atom is -0.245 e. The molecule has 15 heavy (non-hydrogen) atoms. The molecular formula is C10H9F3N2. The zero-order valence-corrected chi connectivity index (χ0v) is 8.04. The van der Waals surface area contributed by atoms with Crippen LogP contribution in [0, 0.1) is 5.92 Å². The van der Waals surface area contributed by atoms with Gasteiger partial charge in [-0.3, -0.25) is 0 Å². The van der Waals surface area contributed by atoms with Gasteiger partial charge in [-0.2, -0.15) is 13.2 Å². The van der Waals surface area contributed by atoms with Crippen molar-refractivity contribution in [2.45, 2.75) is 19.5 Å². The van der Waals surface area contributed by atoms with E-state index in [4.69, 9.17) is 0 Å². The number of rotatable bonds is 0. The average molecular weight is 214 g/mol. The predicted molar refractivity (Wildman–Crippen MR) is 51.9 cm³/mol. The fourth-order valence-corrected chi connectivity index (χ4v) is 1.68. The third-order valence-corrected chi connectivity index (χ3v) is 2.57. The first-order valence-corrected chi connectivity index (χ1v) is 4.53. The van der Waals surface area contributed by atoms with E-state index in [1.165, 1.54) is 12.4 Å². The maximum atomic E-state index is 12.5. The average Bonchev–Trinajstić information content (AvgIpc) is 2.16. The van der Waals surface area contributed by atoms with Crippen LogP contribution in [0.3, 0.4) is 0 Å². The van der Waals surface area contributed by atoms with Crippen molar-refractivity contribution in [2.24, 2.45) is 15.9 Å². The van der Waals surface area contributed by atoms with Crippen LogP contribution in [-0.2, 0) is 0 Å². The van der Waals surface area contributed by atoms with Crippen LogP contribution >= 0.6 is 0 Å². The first kappa shape index (κ1) is 10.1. The van der Waals surface area contributed by atoms with Crippen LogP contribution in [0.15, 0.2) is 33.4 Å². The summed E-state index contributed by atoms with van der Waals surface area (Å²) >= 11 is 0. The fraction of sp³-hybridized carbons (Fsp3) is 0.400. The van der Waals surface area contributed by atoms with E-state index < -0.39 is 11.7 Å². The third-order valence-electron chi connectivity index (χ3n) is 2.57. The summed E-state index contributed by atoms with van der Waals surface area (Å²) in [5.41, 5.74) is 0.838. The zero-order valence-electron chi connectivity index (χ0n) is 8.04. The van der Waals surface area contributed by atoms with Crippen LogP contribution < -0.4 is 0 Å². The van der Waals surface area contributed by atoms with Crippen molar-refractivity contribution in [3.05, 3.63) is 23.4 Å². The molecule has 5 heteroatoms. The summed E-state index contributed by atoms with van der Waals surface area (Å²) in [6.45, 7) is 1.73. The second kappa shape index (κ2) is 3.32. The number of alkyl halides is 3. The highest BCUT2D eigenvalue weighted by Gasteiger charge is 2.37. The van der Waals surface area contributed by atoms with Gasteiger partial charge in [0.1, 0.15) is 6.34 Å². The number of nitrogens with zero attached hydrogens (tertiary/aromatic N) is 2. The Morgan fingerprint density at radius 2 is 2.07 bits per heavy atom. The van der Waals surface area contributed by atoms with Crippen LogP contribution in [-0.4, -0.2) is 18.2 Å². The molecule has 2 rings (SSSR count). The van der Waals surface area contributed by atoms with Gasteiger partial charge in [-0.1, -0.05) is 6.08 Å². The monoisotopic (exact) mass is 214 g/mol. The number of allylic oxidation sites excluding steroid dienone is 4. The highest BCUT2D eigenvalue weighted by Crippen LogP contribution is 2.37. The Hall–Kier alpha value is -1.39. The number of hydrogen-bond acceptors (Lipinski definition) is 2. The molecule has 1 aliphatic carbocycles. The van der Waals surface area contributed by atoms with E-state index in [0.717, 1.165) is 6.08 Å². The van der Waals surface area contributed by atoms with Gasteiger partial charge >= 0.3 is 6.18 Å². The van der Waals surface area contributed by atoms with E-state index in [1.54, 1.807) is 6.92 Å². The van der Waals surface area contributed by atoms with Crippen molar-refractivity contribution in [1.29, 1.82) is 0 Å². The lowest BCUT2D eigenvalue weighted by Gasteiger charge is -2.25. The number of halogens is 3. The van der Waals surface area contributed by atoms with Gasteiger partial charge in [0.15, 0.2) is 0 Å². The zero-order chi connectivity index (χ0) is 11.1. The molecule has 2 aliphatic rings. The molecule has 0 fully saturated rings. The summed E-state index contributed by atoms with van der Waals surface area (Å²) < 4.78 is 37.4. The van der Waals surface area contributed by atoms with Gasteiger partial charge in [0.25, 0.3) is 0 Å². The van der Waals surface area contributed by atoms with Crippen LogP contribution in [0.5, 0.6) is 0 Å². The Balaban J connectivity index is 2.32. The van der Waals surface area contributed by atoms with E-state index in [-0.39, 0.29) is 12.3 Å². The largest absolute Gasteiger partial charge is 0.412 e. The predicted octanol–water partition coefficient (Wildman–Crippen LogP) is 2.88. The number of hydrogen-bond donors (Lipinski definition) is 0. The van der Waals surface area contributed by atoms with Crippen LogP contribution in [0.25, 0.3) is 0 Å². The molecule has 1 unspecified atom stereocenters. The lowest BCUT2D eigenvalue weighted by Crippen LogP contribution is -2.24. The van der Waals surface area contributed by atoms with Gasteiger partial charge in [-0.05, 0) is 19.4 Å². The minimum atomic E-state index is -4.25. The molecule has 0 saturated heterocycles. The Morgan fingerprint density at radius 3 is 2.73 bits per heavy atom. The van der Waals surface area contributed by atoms with Gasteiger partial charge in [0.05, 0.1) is 5.70 Å². The molecule has 0 saturated carbocycles. The maximum absolute atomic E-state index is 12.5. The van der Waals surface area contributed by atoms with E-state index in [9.17, 15) is 13.2 Å². The molecule has 80 valence electrons. The van der Waals surface area contributed by atoms with Crippen molar-refractivity contribution in [1.82, 2.24) is 0 Å². The molecule has 0 amide bonds. The molecule has 0 bridgehead atoms. The van der Waals surface area contributed by atoms with Gasteiger partial charge in [-0.25, -0.2) is 9.98 Å². The molecule has 0 radical (unpaired) electrons. The minimum absolute atomic E-state index is 0.0536. The first-order valence-electron chi connectivity index (χ1n) is 4.53. The van der Waals surface area contributed by atoms with E-state index in [0.29, 0.717) is 11.4 Å². The Kier molecular flexibility index (Phi) is 2.25.